The van der Waals surface area contributed by atoms with Crippen LogP contribution in [-0.2, 0) is 24.1 Å². The second-order valence-electron chi connectivity index (χ2n) is 1.42. The molecule has 0 saturated carbocycles. The van der Waals surface area contributed by atoms with Gasteiger partial charge >= 0.3 is 65.6 Å². The van der Waals surface area contributed by atoms with Crippen LogP contribution in [0.3, 0.4) is 0 Å². The first-order chi connectivity index (χ1) is 4.35. The monoisotopic (exact) mass is 291 g/mol. The molecule has 0 radical (unpaired) electrons. The minimum absolute atomic E-state index is 0.469. The van der Waals surface area contributed by atoms with Crippen molar-refractivity contribution in [3.8, 4) is 0 Å². The summed E-state index contributed by atoms with van der Waals surface area (Å²) in [7, 11) is 0. The summed E-state index contributed by atoms with van der Waals surface area (Å²) >= 11 is 1.33. The molecule has 0 aromatic heterocycles. The van der Waals surface area contributed by atoms with Crippen LogP contribution >= 0.6 is 0 Å². The van der Waals surface area contributed by atoms with Crippen LogP contribution in [0, 0.1) is 6.58 Å². The SMILES string of the molecule is [CH-]=C/C=C(\[CH]=[W])CC=O. The van der Waals surface area contributed by atoms with Gasteiger partial charge in [-0.15, -0.1) is 0 Å². The molecule has 1 nitrogen and oxygen atoms in total. The molecule has 0 heterocycles. The Morgan fingerprint density at radius 1 is 1.67 bits per heavy atom. The van der Waals surface area contributed by atoms with Gasteiger partial charge in [0, 0.05) is 0 Å². The first kappa shape index (κ1) is 8.71. The average Bonchev–Trinajstić information content (AvgIpc) is 1.88. The predicted molar refractivity (Wildman–Crippen MR) is 33.7 cm³/mol. The maximum atomic E-state index is 9.94. The molecular weight excluding hydrogens is 284 g/mol. The number of hydrogen-bond donors (Lipinski definition) is 0. The van der Waals surface area contributed by atoms with Gasteiger partial charge in [-0.05, 0) is 0 Å². The Kier molecular flexibility index (Phi) is 5.65. The topological polar surface area (TPSA) is 17.1 Å². The molecule has 0 bridgehead atoms. The summed E-state index contributed by atoms with van der Waals surface area (Å²) in [5.74, 6) is 0. The van der Waals surface area contributed by atoms with Crippen molar-refractivity contribution in [2.24, 2.45) is 0 Å². The first-order valence-corrected chi connectivity index (χ1v) is 4.17. The molecule has 0 rings (SSSR count). The molecular formula is C7H7OW-. The van der Waals surface area contributed by atoms with E-state index >= 15 is 0 Å². The third-order valence-electron chi connectivity index (χ3n) is 0.781. The zero-order valence-corrected chi connectivity index (χ0v) is 7.84. The van der Waals surface area contributed by atoms with Gasteiger partial charge < -0.3 is 0 Å². The van der Waals surface area contributed by atoms with Gasteiger partial charge in [0.2, 0.25) is 0 Å². The van der Waals surface area contributed by atoms with Crippen LogP contribution in [0.15, 0.2) is 17.7 Å². The van der Waals surface area contributed by atoms with Gasteiger partial charge in [-0.2, -0.15) is 0 Å². The molecule has 0 atom stereocenters. The summed E-state index contributed by atoms with van der Waals surface area (Å²) in [6.07, 6.45) is 4.52. The summed E-state index contributed by atoms with van der Waals surface area (Å²) in [5.41, 5.74) is 0.988. The summed E-state index contributed by atoms with van der Waals surface area (Å²) in [6.45, 7) is 5.11. The van der Waals surface area contributed by atoms with Crippen molar-refractivity contribution in [1.82, 2.24) is 0 Å². The molecule has 0 N–H and O–H groups in total. The van der Waals surface area contributed by atoms with Crippen LogP contribution in [0.4, 0.5) is 0 Å². The second-order valence-corrected chi connectivity index (χ2v) is 2.27. The standard InChI is InChI=1S/C7H7O.W/c1-3-4-7(2)5-6-8;/h1-4,6H,5H2;/q-1;/b7-4+;. The van der Waals surface area contributed by atoms with E-state index in [-0.39, 0.29) is 0 Å². The van der Waals surface area contributed by atoms with Gasteiger partial charge in [-0.3, -0.25) is 0 Å². The van der Waals surface area contributed by atoms with E-state index < -0.39 is 0 Å². The fourth-order valence-corrected chi connectivity index (χ4v) is 1.00. The maximum absolute atomic E-state index is 9.94. The van der Waals surface area contributed by atoms with Crippen LogP contribution in [0.1, 0.15) is 6.42 Å². The van der Waals surface area contributed by atoms with E-state index in [4.69, 9.17) is 6.58 Å². The molecule has 0 aliphatic rings. The molecule has 0 aromatic rings. The van der Waals surface area contributed by atoms with Gasteiger partial charge in [-0.25, -0.2) is 0 Å². The third-order valence-corrected chi connectivity index (χ3v) is 1.87. The van der Waals surface area contributed by atoms with E-state index in [9.17, 15) is 4.79 Å². The van der Waals surface area contributed by atoms with Gasteiger partial charge in [0.25, 0.3) is 0 Å². The molecule has 0 aliphatic carbocycles. The molecule has 0 unspecified atom stereocenters. The zero-order valence-electron chi connectivity index (χ0n) is 4.91. The number of rotatable bonds is 4. The predicted octanol–water partition coefficient (Wildman–Crippen LogP) is 0.840. The van der Waals surface area contributed by atoms with E-state index in [1.807, 2.05) is 4.40 Å². The van der Waals surface area contributed by atoms with Crippen molar-refractivity contribution in [1.29, 1.82) is 0 Å². The van der Waals surface area contributed by atoms with E-state index in [1.165, 1.54) is 25.4 Å². The fourth-order valence-electron chi connectivity index (χ4n) is 0.375. The number of carbonyl (C=O) groups is 1. The van der Waals surface area contributed by atoms with Crippen LogP contribution in [0.2, 0.25) is 0 Å². The van der Waals surface area contributed by atoms with E-state index in [0.29, 0.717) is 6.42 Å². The molecule has 0 aliphatic heterocycles. The van der Waals surface area contributed by atoms with Gasteiger partial charge in [0.15, 0.2) is 0 Å². The number of carbonyl (C=O) groups excluding carboxylic acids is 1. The van der Waals surface area contributed by atoms with Crippen LogP contribution in [0.25, 0.3) is 0 Å². The molecule has 0 spiro atoms. The zero-order chi connectivity index (χ0) is 7.11. The molecule has 48 valence electrons. The van der Waals surface area contributed by atoms with Gasteiger partial charge in [0.1, 0.15) is 0 Å². The number of allylic oxidation sites excluding steroid dienone is 3. The molecule has 0 aromatic carbocycles. The Morgan fingerprint density at radius 2 is 2.33 bits per heavy atom. The Labute approximate surface area is 65.9 Å². The van der Waals surface area contributed by atoms with Crippen molar-refractivity contribution >= 4 is 10.7 Å². The van der Waals surface area contributed by atoms with Crippen molar-refractivity contribution in [3.63, 3.8) is 0 Å². The normalized spacial score (nSPS) is 10.4. The summed E-state index contributed by atoms with van der Waals surface area (Å²) in [4.78, 5) is 9.94. The minimum atomic E-state index is 0.469. The second kappa shape index (κ2) is 5.84. The van der Waals surface area contributed by atoms with Crippen LogP contribution in [0.5, 0.6) is 0 Å². The van der Waals surface area contributed by atoms with Crippen molar-refractivity contribution in [2.75, 3.05) is 0 Å². The molecule has 9 heavy (non-hydrogen) atoms. The van der Waals surface area contributed by atoms with Crippen molar-refractivity contribution < 1.29 is 24.1 Å². The third kappa shape index (κ3) is 4.23. The van der Waals surface area contributed by atoms with Gasteiger partial charge in [0.05, 0.1) is 0 Å². The summed E-state index contributed by atoms with van der Waals surface area (Å²) < 4.78 is 1.94. The Bertz CT molecular complexity index is 147. The first-order valence-electron chi connectivity index (χ1n) is 2.48. The Morgan fingerprint density at radius 3 is 2.67 bits per heavy atom. The average molecular weight is 291 g/mol. The summed E-state index contributed by atoms with van der Waals surface area (Å²) in [6, 6.07) is 0. The Balaban J connectivity index is 3.95. The van der Waals surface area contributed by atoms with E-state index in [1.54, 1.807) is 6.08 Å². The molecule has 0 fully saturated rings. The molecule has 0 saturated heterocycles. The quantitative estimate of drug-likeness (QED) is 0.426. The number of aldehydes is 1. The summed E-state index contributed by atoms with van der Waals surface area (Å²) in [5, 5.41) is 0. The van der Waals surface area contributed by atoms with Crippen LogP contribution < -0.4 is 0 Å². The number of hydrogen-bond acceptors (Lipinski definition) is 1. The Hall–Kier alpha value is -0.292. The van der Waals surface area contributed by atoms with E-state index in [2.05, 4.69) is 0 Å². The molecule has 2 heteroatoms. The van der Waals surface area contributed by atoms with Gasteiger partial charge in [-0.1, -0.05) is 0 Å². The van der Waals surface area contributed by atoms with Crippen LogP contribution in [-0.4, -0.2) is 10.7 Å². The fraction of sp³-hybridized carbons (Fsp3) is 0.143. The van der Waals surface area contributed by atoms with Crippen molar-refractivity contribution in [2.45, 2.75) is 6.42 Å². The van der Waals surface area contributed by atoms with E-state index in [0.717, 1.165) is 11.9 Å². The van der Waals surface area contributed by atoms with Crippen molar-refractivity contribution in [3.05, 3.63) is 24.3 Å². The molecule has 0 amide bonds.